The Balaban J connectivity index is 2.12. The van der Waals surface area contributed by atoms with Crippen molar-refractivity contribution < 1.29 is 4.79 Å². The molecule has 1 N–H and O–H groups in total. The predicted molar refractivity (Wildman–Crippen MR) is 87.2 cm³/mol. The molecule has 2 rings (SSSR count). The normalized spacial score (nSPS) is 10.5. The van der Waals surface area contributed by atoms with Gasteiger partial charge in [-0.05, 0) is 24.3 Å². The van der Waals surface area contributed by atoms with E-state index >= 15 is 0 Å². The molecule has 0 fully saturated rings. The van der Waals surface area contributed by atoms with E-state index in [-0.39, 0.29) is 17.2 Å². The summed E-state index contributed by atoms with van der Waals surface area (Å²) in [4.78, 5) is 35.5. The summed E-state index contributed by atoms with van der Waals surface area (Å²) in [7, 11) is 3.11. The lowest BCUT2D eigenvalue weighted by atomic mass is 10.3. The average Bonchev–Trinajstić information content (AvgIpc) is 2.48. The highest BCUT2D eigenvalue weighted by molar-refractivity contribution is 7.98. The SMILES string of the molecule is CC(=O)Nc1ccc(SCc2cc(=O)n(C)c(=O)n2C)cc1. The molecule has 1 aromatic heterocycles. The summed E-state index contributed by atoms with van der Waals surface area (Å²) in [6, 6.07) is 8.86. The molecule has 0 saturated heterocycles. The molecule has 22 heavy (non-hydrogen) atoms. The molecule has 0 atom stereocenters. The number of carbonyl (C=O) groups is 1. The summed E-state index contributed by atoms with van der Waals surface area (Å²) in [5.74, 6) is 0.400. The molecule has 2 aromatic rings. The van der Waals surface area contributed by atoms with Gasteiger partial charge in [-0.25, -0.2) is 4.79 Å². The molecule has 1 aromatic carbocycles. The van der Waals surface area contributed by atoms with Gasteiger partial charge in [0, 0.05) is 49.1 Å². The van der Waals surface area contributed by atoms with Gasteiger partial charge in [-0.15, -0.1) is 11.8 Å². The third kappa shape index (κ3) is 3.67. The standard InChI is InChI=1S/C15H17N3O3S/c1-10(19)16-11-4-6-13(7-5-11)22-9-12-8-14(20)18(3)15(21)17(12)2/h4-8H,9H2,1-3H3,(H,16,19). The second-order valence-electron chi connectivity index (χ2n) is 4.87. The number of carbonyl (C=O) groups excluding carboxylic acids is 1. The summed E-state index contributed by atoms with van der Waals surface area (Å²) in [5.41, 5.74) is 0.769. The van der Waals surface area contributed by atoms with Gasteiger partial charge in [0.05, 0.1) is 0 Å². The lowest BCUT2D eigenvalue weighted by Crippen LogP contribution is -2.37. The fraction of sp³-hybridized carbons (Fsp3) is 0.267. The van der Waals surface area contributed by atoms with Crippen molar-refractivity contribution in [1.29, 1.82) is 0 Å². The first-order valence-corrected chi connectivity index (χ1v) is 7.63. The van der Waals surface area contributed by atoms with Crippen molar-refractivity contribution in [2.24, 2.45) is 14.1 Å². The van der Waals surface area contributed by atoms with Crippen LogP contribution in [0.25, 0.3) is 0 Å². The predicted octanol–water partition coefficient (Wildman–Crippen LogP) is 1.33. The number of hydrogen-bond donors (Lipinski definition) is 1. The van der Waals surface area contributed by atoms with Crippen LogP contribution in [-0.2, 0) is 24.6 Å². The fourth-order valence-electron chi connectivity index (χ4n) is 1.91. The van der Waals surface area contributed by atoms with E-state index in [1.54, 1.807) is 7.05 Å². The first kappa shape index (κ1) is 16.1. The molecule has 0 aliphatic heterocycles. The first-order chi connectivity index (χ1) is 10.4. The highest BCUT2D eigenvalue weighted by atomic mass is 32.2. The molecule has 0 unspecified atom stereocenters. The van der Waals surface area contributed by atoms with E-state index in [0.717, 1.165) is 15.1 Å². The topological polar surface area (TPSA) is 73.1 Å². The molecule has 116 valence electrons. The van der Waals surface area contributed by atoms with Crippen LogP contribution in [0.3, 0.4) is 0 Å². The van der Waals surface area contributed by atoms with Crippen LogP contribution in [0.2, 0.25) is 0 Å². The molecular formula is C15H17N3O3S. The maximum Gasteiger partial charge on any atom is 0.330 e. The molecule has 6 nitrogen and oxygen atoms in total. The zero-order chi connectivity index (χ0) is 16.3. The Morgan fingerprint density at radius 1 is 1.14 bits per heavy atom. The number of nitrogens with one attached hydrogen (secondary N) is 1. The number of amides is 1. The highest BCUT2D eigenvalue weighted by Crippen LogP contribution is 2.23. The Kier molecular flexibility index (Phi) is 4.87. The Hall–Kier alpha value is -2.28. The van der Waals surface area contributed by atoms with Crippen LogP contribution in [0.15, 0.2) is 44.8 Å². The molecule has 1 heterocycles. The number of rotatable bonds is 4. The Labute approximate surface area is 131 Å². The molecule has 7 heteroatoms. The summed E-state index contributed by atoms with van der Waals surface area (Å²) < 4.78 is 2.55. The largest absolute Gasteiger partial charge is 0.330 e. The Morgan fingerprint density at radius 3 is 2.36 bits per heavy atom. The fourth-order valence-corrected chi connectivity index (χ4v) is 2.83. The number of anilines is 1. The lowest BCUT2D eigenvalue weighted by Gasteiger charge is -2.09. The average molecular weight is 319 g/mol. The summed E-state index contributed by atoms with van der Waals surface area (Å²) in [6.45, 7) is 1.46. The molecule has 0 radical (unpaired) electrons. The third-order valence-electron chi connectivity index (χ3n) is 3.19. The highest BCUT2D eigenvalue weighted by Gasteiger charge is 2.06. The van der Waals surface area contributed by atoms with Gasteiger partial charge in [-0.2, -0.15) is 0 Å². The zero-order valence-corrected chi connectivity index (χ0v) is 13.4. The minimum absolute atomic E-state index is 0.115. The van der Waals surface area contributed by atoms with Gasteiger partial charge in [-0.1, -0.05) is 0 Å². The number of hydrogen-bond acceptors (Lipinski definition) is 4. The van der Waals surface area contributed by atoms with E-state index in [4.69, 9.17) is 0 Å². The minimum atomic E-state index is -0.330. The van der Waals surface area contributed by atoms with Crippen LogP contribution in [0.1, 0.15) is 12.6 Å². The number of nitrogens with zero attached hydrogens (tertiary/aromatic N) is 2. The maximum atomic E-state index is 11.8. The Bertz CT molecular complexity index is 806. The van der Waals surface area contributed by atoms with E-state index in [9.17, 15) is 14.4 Å². The molecular weight excluding hydrogens is 302 g/mol. The van der Waals surface area contributed by atoms with Crippen LogP contribution in [0.4, 0.5) is 5.69 Å². The summed E-state index contributed by atoms with van der Waals surface area (Å²) >= 11 is 1.52. The molecule has 0 spiro atoms. The lowest BCUT2D eigenvalue weighted by molar-refractivity contribution is -0.114. The number of benzene rings is 1. The van der Waals surface area contributed by atoms with Gasteiger partial charge in [0.25, 0.3) is 5.56 Å². The van der Waals surface area contributed by atoms with Crippen molar-refractivity contribution in [3.63, 3.8) is 0 Å². The van der Waals surface area contributed by atoms with Crippen molar-refractivity contribution in [1.82, 2.24) is 9.13 Å². The molecule has 0 aliphatic rings. The van der Waals surface area contributed by atoms with Crippen molar-refractivity contribution in [2.75, 3.05) is 5.32 Å². The van der Waals surface area contributed by atoms with Gasteiger partial charge in [0.2, 0.25) is 5.91 Å². The Morgan fingerprint density at radius 2 is 1.77 bits per heavy atom. The van der Waals surface area contributed by atoms with E-state index < -0.39 is 0 Å². The van der Waals surface area contributed by atoms with Crippen molar-refractivity contribution in [3.05, 3.63) is 56.9 Å². The van der Waals surface area contributed by atoms with Crippen molar-refractivity contribution in [2.45, 2.75) is 17.6 Å². The number of aromatic nitrogens is 2. The van der Waals surface area contributed by atoms with Crippen LogP contribution in [0.5, 0.6) is 0 Å². The van der Waals surface area contributed by atoms with E-state index in [1.165, 1.54) is 36.4 Å². The second kappa shape index (κ2) is 6.65. The first-order valence-electron chi connectivity index (χ1n) is 6.65. The molecule has 1 amide bonds. The molecule has 0 bridgehead atoms. The van der Waals surface area contributed by atoms with Gasteiger partial charge in [0.15, 0.2) is 0 Å². The van der Waals surface area contributed by atoms with E-state index in [1.807, 2.05) is 24.3 Å². The molecule has 0 saturated carbocycles. The third-order valence-corrected chi connectivity index (χ3v) is 4.23. The molecule has 0 aliphatic carbocycles. The van der Waals surface area contributed by atoms with Gasteiger partial charge in [-0.3, -0.25) is 18.7 Å². The van der Waals surface area contributed by atoms with Gasteiger partial charge >= 0.3 is 5.69 Å². The van der Waals surface area contributed by atoms with Crippen LogP contribution in [-0.4, -0.2) is 15.0 Å². The van der Waals surface area contributed by atoms with Crippen molar-refractivity contribution in [3.8, 4) is 0 Å². The van der Waals surface area contributed by atoms with E-state index in [0.29, 0.717) is 11.4 Å². The summed E-state index contributed by atoms with van der Waals surface area (Å²) in [5, 5.41) is 2.70. The van der Waals surface area contributed by atoms with E-state index in [2.05, 4.69) is 5.32 Å². The van der Waals surface area contributed by atoms with Crippen LogP contribution >= 0.6 is 11.8 Å². The number of thioether (sulfide) groups is 1. The summed E-state index contributed by atoms with van der Waals surface area (Å²) in [6.07, 6.45) is 0. The van der Waals surface area contributed by atoms with Crippen molar-refractivity contribution >= 4 is 23.4 Å². The quantitative estimate of drug-likeness (QED) is 0.863. The zero-order valence-electron chi connectivity index (χ0n) is 12.6. The second-order valence-corrected chi connectivity index (χ2v) is 5.92. The van der Waals surface area contributed by atoms with Gasteiger partial charge < -0.3 is 5.32 Å². The maximum absolute atomic E-state index is 11.8. The smallest absolute Gasteiger partial charge is 0.326 e. The monoisotopic (exact) mass is 319 g/mol. The minimum Gasteiger partial charge on any atom is -0.326 e. The van der Waals surface area contributed by atoms with Gasteiger partial charge in [0.1, 0.15) is 0 Å². The van der Waals surface area contributed by atoms with Crippen LogP contribution < -0.4 is 16.6 Å². The van der Waals surface area contributed by atoms with Crippen LogP contribution in [0, 0.1) is 0 Å².